The highest BCUT2D eigenvalue weighted by Crippen LogP contribution is 2.20. The second kappa shape index (κ2) is 6.09. The van der Waals surface area contributed by atoms with Crippen molar-refractivity contribution in [2.24, 2.45) is 7.05 Å². The minimum atomic E-state index is -0.102. The van der Waals surface area contributed by atoms with Gasteiger partial charge in [0, 0.05) is 26.8 Å². The predicted molar refractivity (Wildman–Crippen MR) is 82.3 cm³/mol. The van der Waals surface area contributed by atoms with Crippen LogP contribution in [0.5, 0.6) is 0 Å². The summed E-state index contributed by atoms with van der Waals surface area (Å²) in [5.41, 5.74) is 1.36. The quantitative estimate of drug-likeness (QED) is 0.786. The Kier molecular flexibility index (Phi) is 4.64. The Morgan fingerprint density at radius 1 is 1.40 bits per heavy atom. The van der Waals surface area contributed by atoms with Gasteiger partial charge in [-0.3, -0.25) is 14.2 Å². The molecule has 8 heteroatoms. The van der Waals surface area contributed by atoms with Gasteiger partial charge in [0.05, 0.1) is 27.4 Å². The number of halogens is 2. The van der Waals surface area contributed by atoms with Gasteiger partial charge in [-0.05, 0) is 38.8 Å². The van der Waals surface area contributed by atoms with Gasteiger partial charge in [0.1, 0.15) is 5.69 Å². The van der Waals surface area contributed by atoms with Crippen LogP contribution in [0.4, 0.5) is 0 Å². The molecule has 20 heavy (non-hydrogen) atoms. The zero-order valence-corrected chi connectivity index (χ0v) is 14.6. The standard InChI is InChI=1S/C12H15Br2N5O/c1-4-19-6-9(14)10(16-19)7-17(2)12(20)11-8(13)5-15-18(11)3/h5-6H,4,7H2,1-3H3. The molecule has 2 aromatic heterocycles. The van der Waals surface area contributed by atoms with E-state index in [1.54, 1.807) is 29.9 Å². The molecule has 2 rings (SSSR count). The van der Waals surface area contributed by atoms with E-state index in [1.165, 1.54) is 0 Å². The number of amides is 1. The molecule has 0 aliphatic carbocycles. The van der Waals surface area contributed by atoms with Crippen LogP contribution >= 0.6 is 31.9 Å². The maximum Gasteiger partial charge on any atom is 0.273 e. The molecule has 0 unspecified atom stereocenters. The van der Waals surface area contributed by atoms with Crippen LogP contribution in [0.25, 0.3) is 0 Å². The van der Waals surface area contributed by atoms with Gasteiger partial charge in [0.25, 0.3) is 5.91 Å². The van der Waals surface area contributed by atoms with Crippen LogP contribution in [-0.2, 0) is 20.1 Å². The molecular weight excluding hydrogens is 390 g/mol. The number of rotatable bonds is 4. The fourth-order valence-corrected chi connectivity index (χ4v) is 2.79. The lowest BCUT2D eigenvalue weighted by molar-refractivity contribution is 0.0771. The van der Waals surface area contributed by atoms with E-state index in [-0.39, 0.29) is 5.91 Å². The molecule has 2 aromatic rings. The average Bonchev–Trinajstić information content (AvgIpc) is 2.92. The van der Waals surface area contributed by atoms with Gasteiger partial charge < -0.3 is 4.90 Å². The molecular formula is C12H15Br2N5O. The van der Waals surface area contributed by atoms with E-state index in [2.05, 4.69) is 42.1 Å². The molecule has 0 aromatic carbocycles. The van der Waals surface area contributed by atoms with Crippen molar-refractivity contribution < 1.29 is 4.79 Å². The van der Waals surface area contributed by atoms with Crippen LogP contribution in [0.2, 0.25) is 0 Å². The average molecular weight is 405 g/mol. The zero-order valence-electron chi connectivity index (χ0n) is 11.5. The Morgan fingerprint density at radius 2 is 2.10 bits per heavy atom. The van der Waals surface area contributed by atoms with Gasteiger partial charge in [-0.2, -0.15) is 10.2 Å². The summed E-state index contributed by atoms with van der Waals surface area (Å²) in [5.74, 6) is -0.102. The van der Waals surface area contributed by atoms with Crippen molar-refractivity contribution in [3.8, 4) is 0 Å². The third-order valence-corrected chi connectivity index (χ3v) is 4.18. The molecule has 0 saturated carbocycles. The Morgan fingerprint density at radius 3 is 2.60 bits per heavy atom. The maximum absolute atomic E-state index is 12.4. The summed E-state index contributed by atoms with van der Waals surface area (Å²) in [5, 5.41) is 8.47. The zero-order chi connectivity index (χ0) is 14.9. The molecule has 0 aliphatic rings. The summed E-state index contributed by atoms with van der Waals surface area (Å²) in [4.78, 5) is 14.0. The molecule has 0 aliphatic heterocycles. The van der Waals surface area contributed by atoms with Crippen molar-refractivity contribution in [2.75, 3.05) is 7.05 Å². The number of aromatic nitrogens is 4. The van der Waals surface area contributed by atoms with Gasteiger partial charge >= 0.3 is 0 Å². The second-order valence-corrected chi connectivity index (χ2v) is 6.11. The number of aryl methyl sites for hydroxylation is 2. The van der Waals surface area contributed by atoms with E-state index in [0.29, 0.717) is 16.7 Å². The lowest BCUT2D eigenvalue weighted by atomic mass is 10.3. The van der Waals surface area contributed by atoms with E-state index in [9.17, 15) is 4.79 Å². The first-order chi connectivity index (χ1) is 9.43. The van der Waals surface area contributed by atoms with Crippen molar-refractivity contribution in [2.45, 2.75) is 20.0 Å². The lowest BCUT2D eigenvalue weighted by Gasteiger charge is -2.16. The SMILES string of the molecule is CCn1cc(Br)c(CN(C)C(=O)c2c(Br)cnn2C)n1. The number of hydrogen-bond acceptors (Lipinski definition) is 3. The van der Waals surface area contributed by atoms with Crippen LogP contribution in [0, 0.1) is 0 Å². The topological polar surface area (TPSA) is 56.0 Å². The second-order valence-electron chi connectivity index (χ2n) is 4.41. The van der Waals surface area contributed by atoms with Crippen molar-refractivity contribution >= 4 is 37.8 Å². The monoisotopic (exact) mass is 403 g/mol. The van der Waals surface area contributed by atoms with Gasteiger partial charge in [0.2, 0.25) is 0 Å². The normalized spacial score (nSPS) is 10.8. The number of carbonyl (C=O) groups excluding carboxylic acids is 1. The molecule has 2 heterocycles. The smallest absolute Gasteiger partial charge is 0.273 e. The number of nitrogens with zero attached hydrogens (tertiary/aromatic N) is 5. The Balaban J connectivity index is 2.17. The molecule has 0 spiro atoms. The predicted octanol–water partition coefficient (Wildman–Crippen LogP) is 2.43. The van der Waals surface area contributed by atoms with Crippen LogP contribution in [0.3, 0.4) is 0 Å². The van der Waals surface area contributed by atoms with Crippen molar-refractivity contribution in [3.05, 3.63) is 32.7 Å². The minimum Gasteiger partial charge on any atom is -0.334 e. The van der Waals surface area contributed by atoms with Crippen LogP contribution < -0.4 is 0 Å². The van der Waals surface area contributed by atoms with Gasteiger partial charge in [-0.15, -0.1) is 0 Å². The van der Waals surface area contributed by atoms with Crippen LogP contribution in [-0.4, -0.2) is 37.4 Å². The maximum atomic E-state index is 12.4. The van der Waals surface area contributed by atoms with Crippen molar-refractivity contribution in [3.63, 3.8) is 0 Å². The van der Waals surface area contributed by atoms with E-state index >= 15 is 0 Å². The Hall–Kier alpha value is -1.15. The van der Waals surface area contributed by atoms with Crippen molar-refractivity contribution in [1.29, 1.82) is 0 Å². The van der Waals surface area contributed by atoms with E-state index in [0.717, 1.165) is 16.7 Å². The number of hydrogen-bond donors (Lipinski definition) is 0. The first-order valence-corrected chi connectivity index (χ1v) is 7.67. The highest BCUT2D eigenvalue weighted by molar-refractivity contribution is 9.10. The first-order valence-electron chi connectivity index (χ1n) is 6.08. The third-order valence-electron chi connectivity index (χ3n) is 2.94. The molecule has 0 atom stereocenters. The molecule has 0 N–H and O–H groups in total. The summed E-state index contributed by atoms with van der Waals surface area (Å²) < 4.78 is 4.98. The molecule has 6 nitrogen and oxygen atoms in total. The molecule has 0 saturated heterocycles. The summed E-state index contributed by atoms with van der Waals surface area (Å²) in [6.07, 6.45) is 3.52. The molecule has 0 fully saturated rings. The summed E-state index contributed by atoms with van der Waals surface area (Å²) in [6.45, 7) is 3.25. The molecule has 108 valence electrons. The Labute approximate surface area is 134 Å². The third kappa shape index (κ3) is 2.95. The fourth-order valence-electron chi connectivity index (χ4n) is 1.83. The van der Waals surface area contributed by atoms with E-state index in [4.69, 9.17) is 0 Å². The highest BCUT2D eigenvalue weighted by Gasteiger charge is 2.21. The largest absolute Gasteiger partial charge is 0.334 e. The Bertz CT molecular complexity index is 614. The first kappa shape index (κ1) is 15.2. The van der Waals surface area contributed by atoms with E-state index in [1.807, 2.05) is 17.8 Å². The number of carbonyl (C=O) groups is 1. The highest BCUT2D eigenvalue weighted by atomic mass is 79.9. The summed E-state index contributed by atoms with van der Waals surface area (Å²) >= 11 is 6.81. The molecule has 1 amide bonds. The lowest BCUT2D eigenvalue weighted by Crippen LogP contribution is -2.28. The van der Waals surface area contributed by atoms with Gasteiger partial charge in [-0.1, -0.05) is 0 Å². The van der Waals surface area contributed by atoms with Crippen LogP contribution in [0.15, 0.2) is 21.3 Å². The van der Waals surface area contributed by atoms with Crippen LogP contribution in [0.1, 0.15) is 23.1 Å². The van der Waals surface area contributed by atoms with E-state index < -0.39 is 0 Å². The summed E-state index contributed by atoms with van der Waals surface area (Å²) in [6, 6.07) is 0. The minimum absolute atomic E-state index is 0.102. The molecule has 0 radical (unpaired) electrons. The summed E-state index contributed by atoms with van der Waals surface area (Å²) in [7, 11) is 3.49. The molecule has 0 bridgehead atoms. The fraction of sp³-hybridized carbons (Fsp3) is 0.417. The van der Waals surface area contributed by atoms with Gasteiger partial charge in [0.15, 0.2) is 0 Å². The van der Waals surface area contributed by atoms with Gasteiger partial charge in [-0.25, -0.2) is 0 Å². The van der Waals surface area contributed by atoms with Crippen molar-refractivity contribution in [1.82, 2.24) is 24.5 Å².